The van der Waals surface area contributed by atoms with Gasteiger partial charge in [0.15, 0.2) is 0 Å². The smallest absolute Gasteiger partial charge is 0.0901 e. The van der Waals surface area contributed by atoms with Crippen molar-refractivity contribution in [3.05, 3.63) is 25.5 Å². The van der Waals surface area contributed by atoms with E-state index in [1.54, 1.807) is 6.26 Å². The fourth-order valence-electron chi connectivity index (χ4n) is 2.12. The molecule has 0 spiro atoms. The zero-order valence-corrected chi connectivity index (χ0v) is 10.4. The van der Waals surface area contributed by atoms with E-state index in [0.717, 1.165) is 19.1 Å². The quantitative estimate of drug-likeness (QED) is 0.486. The minimum Gasteiger partial charge on any atom is -0.502 e. The molecule has 0 N–H and O–H groups in total. The van der Waals surface area contributed by atoms with Gasteiger partial charge in [0.05, 0.1) is 25.6 Å². The van der Waals surface area contributed by atoms with Crippen LogP contribution in [0.15, 0.2) is 25.5 Å². The van der Waals surface area contributed by atoms with Gasteiger partial charge in [0.1, 0.15) is 0 Å². The summed E-state index contributed by atoms with van der Waals surface area (Å²) in [5, 5.41) is 0. The number of hydrogen-bond donors (Lipinski definition) is 0. The third-order valence-corrected chi connectivity index (χ3v) is 3.34. The van der Waals surface area contributed by atoms with E-state index in [-0.39, 0.29) is 6.10 Å². The third kappa shape index (κ3) is 4.84. The molecule has 0 radical (unpaired) electrons. The van der Waals surface area contributed by atoms with Crippen LogP contribution in [0.4, 0.5) is 0 Å². The maximum atomic E-state index is 5.68. The highest BCUT2D eigenvalue weighted by Gasteiger charge is 2.21. The van der Waals surface area contributed by atoms with Crippen molar-refractivity contribution in [1.29, 1.82) is 0 Å². The van der Waals surface area contributed by atoms with Crippen LogP contribution in [0.1, 0.15) is 32.6 Å². The molecule has 1 unspecified atom stereocenters. The van der Waals surface area contributed by atoms with Crippen molar-refractivity contribution in [3.63, 3.8) is 0 Å². The van der Waals surface area contributed by atoms with Crippen LogP contribution in [0.25, 0.3) is 0 Å². The lowest BCUT2D eigenvalue weighted by molar-refractivity contribution is 0.0446. The first-order chi connectivity index (χ1) is 7.76. The summed E-state index contributed by atoms with van der Waals surface area (Å²) >= 11 is 0. The van der Waals surface area contributed by atoms with Crippen LogP contribution in [0.2, 0.25) is 0 Å². The van der Waals surface area contributed by atoms with Crippen LogP contribution in [0.5, 0.6) is 0 Å². The molecule has 1 saturated carbocycles. The molecule has 2 nitrogen and oxygen atoms in total. The Kier molecular flexibility index (Phi) is 6.24. The van der Waals surface area contributed by atoms with Crippen molar-refractivity contribution < 1.29 is 9.47 Å². The molecule has 92 valence electrons. The molecule has 0 saturated heterocycles. The third-order valence-electron chi connectivity index (χ3n) is 3.34. The van der Waals surface area contributed by atoms with E-state index in [4.69, 9.17) is 9.47 Å². The summed E-state index contributed by atoms with van der Waals surface area (Å²) in [4.78, 5) is 0. The number of ether oxygens (including phenoxy) is 2. The van der Waals surface area contributed by atoms with Crippen molar-refractivity contribution in [2.75, 3.05) is 13.2 Å². The van der Waals surface area contributed by atoms with Gasteiger partial charge in [0, 0.05) is 0 Å². The second-order valence-electron chi connectivity index (χ2n) is 4.66. The lowest BCUT2D eigenvalue weighted by Crippen LogP contribution is -2.22. The summed E-state index contributed by atoms with van der Waals surface area (Å²) in [5.41, 5.74) is 0. The van der Waals surface area contributed by atoms with E-state index < -0.39 is 0 Å². The van der Waals surface area contributed by atoms with Gasteiger partial charge >= 0.3 is 0 Å². The van der Waals surface area contributed by atoms with Gasteiger partial charge in [-0.15, -0.1) is 6.58 Å². The first kappa shape index (κ1) is 13.3. The largest absolute Gasteiger partial charge is 0.502 e. The minimum atomic E-state index is 0.182. The first-order valence-electron chi connectivity index (χ1n) is 6.23. The summed E-state index contributed by atoms with van der Waals surface area (Å²) in [5.74, 6) is 1.44. The minimum absolute atomic E-state index is 0.182. The van der Waals surface area contributed by atoms with Gasteiger partial charge in [0.2, 0.25) is 0 Å². The molecule has 1 atom stereocenters. The lowest BCUT2D eigenvalue weighted by Gasteiger charge is -2.28. The Hall–Kier alpha value is -0.760. The number of hydrogen-bond acceptors (Lipinski definition) is 2. The summed E-state index contributed by atoms with van der Waals surface area (Å²) in [6, 6.07) is 0. The Morgan fingerprint density at radius 2 is 1.69 bits per heavy atom. The first-order valence-corrected chi connectivity index (χ1v) is 6.23. The second kappa shape index (κ2) is 7.50. The van der Waals surface area contributed by atoms with Gasteiger partial charge in [-0.05, 0) is 44.4 Å². The molecule has 0 aromatic carbocycles. The maximum Gasteiger partial charge on any atom is 0.0901 e. The molecule has 1 fully saturated rings. The summed E-state index contributed by atoms with van der Waals surface area (Å²) < 4.78 is 10.9. The highest BCUT2D eigenvalue weighted by atomic mass is 16.5. The average molecular weight is 224 g/mol. The zero-order valence-electron chi connectivity index (χ0n) is 10.4. The Balaban J connectivity index is 2.11. The van der Waals surface area contributed by atoms with E-state index in [0.29, 0.717) is 5.92 Å². The van der Waals surface area contributed by atoms with Crippen molar-refractivity contribution in [2.45, 2.75) is 38.7 Å². The molecule has 1 rings (SSSR count). The molecular formula is C14H24O2. The molecule has 1 aliphatic rings. The molecule has 0 aromatic heterocycles. The van der Waals surface area contributed by atoms with Crippen LogP contribution in [0.3, 0.4) is 0 Å². The van der Waals surface area contributed by atoms with Crippen molar-refractivity contribution in [3.8, 4) is 0 Å². The predicted molar refractivity (Wildman–Crippen MR) is 67.2 cm³/mol. The van der Waals surface area contributed by atoms with Gasteiger partial charge in [-0.25, -0.2) is 0 Å². The van der Waals surface area contributed by atoms with E-state index in [1.807, 2.05) is 13.0 Å². The predicted octanol–water partition coefficient (Wildman–Crippen LogP) is 3.54. The second-order valence-corrected chi connectivity index (χ2v) is 4.66. The van der Waals surface area contributed by atoms with Gasteiger partial charge in [0.25, 0.3) is 0 Å². The molecular weight excluding hydrogens is 200 g/mol. The molecule has 0 amide bonds. The lowest BCUT2D eigenvalue weighted by atomic mass is 9.83. The van der Waals surface area contributed by atoms with Crippen LogP contribution in [-0.4, -0.2) is 19.3 Å². The van der Waals surface area contributed by atoms with Crippen LogP contribution in [0, 0.1) is 11.8 Å². The molecule has 1 aliphatic carbocycles. The van der Waals surface area contributed by atoms with Crippen LogP contribution in [-0.2, 0) is 9.47 Å². The van der Waals surface area contributed by atoms with E-state index in [9.17, 15) is 0 Å². The van der Waals surface area contributed by atoms with Crippen LogP contribution < -0.4 is 0 Å². The van der Waals surface area contributed by atoms with Crippen molar-refractivity contribution in [2.24, 2.45) is 11.8 Å². The molecule has 16 heavy (non-hydrogen) atoms. The van der Waals surface area contributed by atoms with Gasteiger partial charge in [-0.1, -0.05) is 12.7 Å². The molecule has 0 heterocycles. The number of rotatable bonds is 7. The summed E-state index contributed by atoms with van der Waals surface area (Å²) in [6.07, 6.45) is 8.60. The summed E-state index contributed by atoms with van der Waals surface area (Å²) in [7, 11) is 0. The Morgan fingerprint density at radius 1 is 1.12 bits per heavy atom. The average Bonchev–Trinajstić information content (AvgIpc) is 2.34. The fraction of sp³-hybridized carbons (Fsp3) is 0.714. The normalized spacial score (nSPS) is 27.1. The zero-order chi connectivity index (χ0) is 11.8. The highest BCUT2D eigenvalue weighted by Crippen LogP contribution is 2.29. The van der Waals surface area contributed by atoms with Crippen molar-refractivity contribution in [1.82, 2.24) is 0 Å². The summed E-state index contributed by atoms with van der Waals surface area (Å²) in [6.45, 7) is 11.0. The van der Waals surface area contributed by atoms with E-state index >= 15 is 0 Å². The monoisotopic (exact) mass is 224 g/mol. The highest BCUT2D eigenvalue weighted by molar-refractivity contribution is 4.77. The maximum absolute atomic E-state index is 5.68. The Bertz CT molecular complexity index is 205. The van der Waals surface area contributed by atoms with Gasteiger partial charge in [-0.2, -0.15) is 0 Å². The molecule has 0 aromatic rings. The SMILES string of the molecule is C=COCC1CCC(COC(C)C=C)CC1. The molecule has 0 bridgehead atoms. The fourth-order valence-corrected chi connectivity index (χ4v) is 2.12. The van der Waals surface area contributed by atoms with Gasteiger partial charge in [-0.3, -0.25) is 0 Å². The van der Waals surface area contributed by atoms with Crippen molar-refractivity contribution >= 4 is 0 Å². The Labute approximate surface area is 99.3 Å². The topological polar surface area (TPSA) is 18.5 Å². The molecule has 0 aliphatic heterocycles. The van der Waals surface area contributed by atoms with E-state index in [2.05, 4.69) is 13.2 Å². The van der Waals surface area contributed by atoms with Crippen LogP contribution >= 0.6 is 0 Å². The standard InChI is InChI=1S/C14H24O2/c1-4-12(3)16-11-14-8-6-13(7-9-14)10-15-5-2/h4-5,12-14H,1-2,6-11H2,3H3. The van der Waals surface area contributed by atoms with Gasteiger partial charge < -0.3 is 9.47 Å². The Morgan fingerprint density at radius 3 is 2.19 bits per heavy atom. The van der Waals surface area contributed by atoms with E-state index in [1.165, 1.54) is 25.7 Å². The molecule has 2 heteroatoms.